The summed E-state index contributed by atoms with van der Waals surface area (Å²) < 4.78 is 0. The summed E-state index contributed by atoms with van der Waals surface area (Å²) in [5.74, 6) is 3.90. The second-order valence-electron chi connectivity index (χ2n) is 6.92. The lowest BCUT2D eigenvalue weighted by Gasteiger charge is -2.52. The molecule has 6 unspecified atom stereocenters. The predicted molar refractivity (Wildman–Crippen MR) is 80.4 cm³/mol. The third-order valence-electron chi connectivity index (χ3n) is 6.45. The van der Waals surface area contributed by atoms with Gasteiger partial charge in [0.2, 0.25) is 0 Å². The Kier molecular flexibility index (Phi) is 3.76. The summed E-state index contributed by atoms with van der Waals surface area (Å²) >= 11 is 0. The van der Waals surface area contributed by atoms with Gasteiger partial charge in [0, 0.05) is 0 Å². The number of hydrogen-bond donors (Lipinski definition) is 0. The van der Waals surface area contributed by atoms with E-state index in [1.807, 2.05) is 0 Å². The van der Waals surface area contributed by atoms with Crippen molar-refractivity contribution in [2.75, 3.05) is 0 Å². The molecule has 2 aliphatic rings. The van der Waals surface area contributed by atoms with Crippen LogP contribution in [0.1, 0.15) is 53.4 Å². The first-order chi connectivity index (χ1) is 8.50. The van der Waals surface area contributed by atoms with Crippen molar-refractivity contribution in [3.8, 4) is 0 Å². The highest BCUT2D eigenvalue weighted by molar-refractivity contribution is 5.22. The molecule has 0 amide bonds. The maximum absolute atomic E-state index is 4.39. The topological polar surface area (TPSA) is 0 Å². The summed E-state index contributed by atoms with van der Waals surface area (Å²) in [5.41, 5.74) is 1.94. The zero-order chi connectivity index (χ0) is 13.5. The van der Waals surface area contributed by atoms with E-state index in [-0.39, 0.29) is 0 Å². The Morgan fingerprint density at radius 3 is 2.50 bits per heavy atom. The SMILES string of the molecule is C=CC1C(CC)C(CC)CC2C(=C)CC(C)C21C. The van der Waals surface area contributed by atoms with Gasteiger partial charge in [-0.2, -0.15) is 0 Å². The number of hydrogen-bond acceptors (Lipinski definition) is 0. The Morgan fingerprint density at radius 1 is 1.33 bits per heavy atom. The Balaban J connectivity index is 2.42. The lowest BCUT2D eigenvalue weighted by Crippen LogP contribution is -2.46. The van der Waals surface area contributed by atoms with E-state index in [4.69, 9.17) is 0 Å². The third-order valence-corrected chi connectivity index (χ3v) is 6.45. The molecule has 0 aromatic rings. The van der Waals surface area contributed by atoms with Gasteiger partial charge in [-0.15, -0.1) is 6.58 Å². The zero-order valence-corrected chi connectivity index (χ0v) is 12.7. The normalized spacial score (nSPS) is 48.0. The number of fused-ring (bicyclic) bond motifs is 1. The van der Waals surface area contributed by atoms with E-state index >= 15 is 0 Å². The van der Waals surface area contributed by atoms with Crippen molar-refractivity contribution in [2.24, 2.45) is 35.0 Å². The maximum Gasteiger partial charge on any atom is -0.0141 e. The van der Waals surface area contributed by atoms with E-state index < -0.39 is 0 Å². The molecule has 0 radical (unpaired) electrons. The Labute approximate surface area is 114 Å². The van der Waals surface area contributed by atoms with Crippen LogP contribution in [0.15, 0.2) is 24.8 Å². The second-order valence-corrected chi connectivity index (χ2v) is 6.92. The van der Waals surface area contributed by atoms with Crippen LogP contribution in [0, 0.1) is 35.0 Å². The molecular weight excluding hydrogens is 216 g/mol. The molecule has 0 aliphatic heterocycles. The average molecular weight is 246 g/mol. The van der Waals surface area contributed by atoms with Crippen LogP contribution in [-0.4, -0.2) is 0 Å². The molecule has 2 aliphatic carbocycles. The molecule has 0 aromatic carbocycles. The fourth-order valence-corrected chi connectivity index (χ4v) is 5.24. The quantitative estimate of drug-likeness (QED) is 0.580. The van der Waals surface area contributed by atoms with Crippen molar-refractivity contribution in [3.63, 3.8) is 0 Å². The van der Waals surface area contributed by atoms with Gasteiger partial charge in [0.15, 0.2) is 0 Å². The van der Waals surface area contributed by atoms with Crippen molar-refractivity contribution in [1.82, 2.24) is 0 Å². The summed E-state index contributed by atoms with van der Waals surface area (Å²) in [6.07, 6.45) is 7.50. The van der Waals surface area contributed by atoms with E-state index in [2.05, 4.69) is 46.9 Å². The van der Waals surface area contributed by atoms with Crippen molar-refractivity contribution in [3.05, 3.63) is 24.8 Å². The van der Waals surface area contributed by atoms with Gasteiger partial charge in [0.05, 0.1) is 0 Å². The van der Waals surface area contributed by atoms with Crippen LogP contribution in [0.4, 0.5) is 0 Å². The Hall–Kier alpha value is -0.520. The minimum Gasteiger partial charge on any atom is -0.103 e. The van der Waals surface area contributed by atoms with E-state index in [9.17, 15) is 0 Å². The molecule has 6 atom stereocenters. The first kappa shape index (κ1) is 13.9. The van der Waals surface area contributed by atoms with Gasteiger partial charge in [0.1, 0.15) is 0 Å². The van der Waals surface area contributed by atoms with Crippen LogP contribution in [0.3, 0.4) is 0 Å². The molecule has 0 saturated heterocycles. The van der Waals surface area contributed by atoms with E-state index in [0.29, 0.717) is 11.3 Å². The van der Waals surface area contributed by atoms with Crippen molar-refractivity contribution in [1.29, 1.82) is 0 Å². The molecule has 2 rings (SSSR count). The van der Waals surface area contributed by atoms with E-state index in [1.165, 1.54) is 31.3 Å². The molecule has 0 heterocycles. The lowest BCUT2D eigenvalue weighted by molar-refractivity contribution is -0.0142. The third kappa shape index (κ3) is 1.72. The highest BCUT2D eigenvalue weighted by Crippen LogP contribution is 2.63. The van der Waals surface area contributed by atoms with Crippen LogP contribution in [-0.2, 0) is 0 Å². The molecule has 18 heavy (non-hydrogen) atoms. The summed E-state index contributed by atoms with van der Waals surface area (Å²) in [7, 11) is 0. The molecule has 2 saturated carbocycles. The highest BCUT2D eigenvalue weighted by Gasteiger charge is 2.56. The summed E-state index contributed by atoms with van der Waals surface area (Å²) in [6.45, 7) is 18.2. The van der Waals surface area contributed by atoms with Crippen LogP contribution in [0.25, 0.3) is 0 Å². The molecule has 102 valence electrons. The first-order valence-corrected chi connectivity index (χ1v) is 7.80. The van der Waals surface area contributed by atoms with E-state index in [1.54, 1.807) is 0 Å². The van der Waals surface area contributed by atoms with Gasteiger partial charge in [-0.05, 0) is 47.8 Å². The largest absolute Gasteiger partial charge is 0.103 e. The van der Waals surface area contributed by atoms with Gasteiger partial charge in [-0.3, -0.25) is 0 Å². The zero-order valence-electron chi connectivity index (χ0n) is 12.7. The van der Waals surface area contributed by atoms with E-state index in [0.717, 1.165) is 23.7 Å². The molecule has 0 nitrogen and oxygen atoms in total. The fraction of sp³-hybridized carbons (Fsp3) is 0.778. The minimum absolute atomic E-state index is 0.422. The highest BCUT2D eigenvalue weighted by atomic mass is 14.6. The summed E-state index contributed by atoms with van der Waals surface area (Å²) in [5, 5.41) is 0. The molecule has 0 spiro atoms. The minimum atomic E-state index is 0.422. The van der Waals surface area contributed by atoms with Crippen LogP contribution in [0.5, 0.6) is 0 Å². The van der Waals surface area contributed by atoms with Crippen LogP contribution < -0.4 is 0 Å². The molecule has 0 N–H and O–H groups in total. The molecule has 2 fully saturated rings. The molecule has 0 bridgehead atoms. The monoisotopic (exact) mass is 246 g/mol. The van der Waals surface area contributed by atoms with Crippen molar-refractivity contribution in [2.45, 2.75) is 53.4 Å². The second kappa shape index (κ2) is 4.87. The van der Waals surface area contributed by atoms with Gasteiger partial charge < -0.3 is 0 Å². The maximum atomic E-state index is 4.39. The van der Waals surface area contributed by atoms with Crippen molar-refractivity contribution >= 4 is 0 Å². The summed E-state index contributed by atoms with van der Waals surface area (Å²) in [6, 6.07) is 0. The number of allylic oxidation sites excluding steroid dienone is 2. The predicted octanol–water partition coefficient (Wildman–Crippen LogP) is 5.46. The lowest BCUT2D eigenvalue weighted by atomic mass is 9.52. The Bertz CT molecular complexity index is 340. The van der Waals surface area contributed by atoms with Gasteiger partial charge in [-0.1, -0.05) is 58.8 Å². The van der Waals surface area contributed by atoms with Crippen LogP contribution >= 0.6 is 0 Å². The molecular formula is C18H30. The molecule has 0 heteroatoms. The number of rotatable bonds is 3. The fourth-order valence-electron chi connectivity index (χ4n) is 5.24. The van der Waals surface area contributed by atoms with Crippen LogP contribution in [0.2, 0.25) is 0 Å². The summed E-state index contributed by atoms with van der Waals surface area (Å²) in [4.78, 5) is 0. The Morgan fingerprint density at radius 2 is 2.00 bits per heavy atom. The average Bonchev–Trinajstić information content (AvgIpc) is 2.58. The first-order valence-electron chi connectivity index (χ1n) is 7.80. The van der Waals surface area contributed by atoms with Gasteiger partial charge >= 0.3 is 0 Å². The molecule has 0 aromatic heterocycles. The van der Waals surface area contributed by atoms with Crippen molar-refractivity contribution < 1.29 is 0 Å². The van der Waals surface area contributed by atoms with Gasteiger partial charge in [0.25, 0.3) is 0 Å². The van der Waals surface area contributed by atoms with Gasteiger partial charge in [-0.25, -0.2) is 0 Å². The standard InChI is InChI=1S/C18H30/c1-7-14-11-17-12(4)10-13(5)18(17,6)16(9-3)15(14)8-2/h9,13-17H,3-4,7-8,10-11H2,1-2,5-6H3. The smallest absolute Gasteiger partial charge is 0.0141 e.